The summed E-state index contributed by atoms with van der Waals surface area (Å²) in [7, 11) is -3.02. The summed E-state index contributed by atoms with van der Waals surface area (Å²) in [4.78, 5) is 13.4. The molecule has 2 aromatic rings. The molecule has 8 heteroatoms. The molecule has 1 saturated heterocycles. The van der Waals surface area contributed by atoms with Crippen LogP contribution in [0.25, 0.3) is 10.6 Å². The van der Waals surface area contributed by atoms with Gasteiger partial charge in [0.1, 0.15) is 0 Å². The summed E-state index contributed by atoms with van der Waals surface area (Å²) in [6, 6.07) is 5.51. The molecule has 2 atom stereocenters. The van der Waals surface area contributed by atoms with Gasteiger partial charge in [-0.25, -0.2) is 8.42 Å². The van der Waals surface area contributed by atoms with Gasteiger partial charge in [-0.15, -0.1) is 11.3 Å². The summed E-state index contributed by atoms with van der Waals surface area (Å²) in [5.74, 6) is 0.0386. The van der Waals surface area contributed by atoms with Gasteiger partial charge in [-0.05, 0) is 37.3 Å². The van der Waals surface area contributed by atoms with Gasteiger partial charge in [0.15, 0.2) is 15.5 Å². The van der Waals surface area contributed by atoms with E-state index in [4.69, 9.17) is 0 Å². The second-order valence-corrected chi connectivity index (χ2v) is 9.35. The maximum Gasteiger partial charge on any atom is 0.272 e. The maximum absolute atomic E-state index is 12.4. The quantitative estimate of drug-likeness (QED) is 0.880. The van der Waals surface area contributed by atoms with Crippen LogP contribution in [-0.4, -0.2) is 41.7 Å². The number of hydrogen-bond acceptors (Lipinski definition) is 5. The summed E-state index contributed by atoms with van der Waals surface area (Å²) in [5.41, 5.74) is 1.14. The van der Waals surface area contributed by atoms with Crippen LogP contribution in [0.4, 0.5) is 0 Å². The number of thiophene rings is 1. The van der Waals surface area contributed by atoms with Crippen molar-refractivity contribution in [3.8, 4) is 10.6 Å². The van der Waals surface area contributed by atoms with Crippen molar-refractivity contribution in [3.05, 3.63) is 29.3 Å². The van der Waals surface area contributed by atoms with Crippen LogP contribution in [-0.2, 0) is 9.84 Å². The van der Waals surface area contributed by atoms with E-state index in [0.717, 1.165) is 17.0 Å². The van der Waals surface area contributed by atoms with E-state index in [-0.39, 0.29) is 29.5 Å². The molecular formula is C16H21N3O3S2. The SMILES string of the molecule is CC[C@H](C)NC(=O)c1cc(-c2cccs2)n([C@H]2CCS(=O)(=O)C2)n1. The smallest absolute Gasteiger partial charge is 0.272 e. The van der Waals surface area contributed by atoms with Gasteiger partial charge < -0.3 is 5.32 Å². The van der Waals surface area contributed by atoms with Crippen molar-refractivity contribution in [3.63, 3.8) is 0 Å². The molecular weight excluding hydrogens is 346 g/mol. The Morgan fingerprint density at radius 3 is 2.92 bits per heavy atom. The minimum atomic E-state index is -3.02. The van der Waals surface area contributed by atoms with Crippen LogP contribution in [0.5, 0.6) is 0 Å². The first kappa shape index (κ1) is 17.2. The Labute approximate surface area is 145 Å². The maximum atomic E-state index is 12.4. The Morgan fingerprint density at radius 2 is 2.33 bits per heavy atom. The van der Waals surface area contributed by atoms with Crippen molar-refractivity contribution in [1.29, 1.82) is 0 Å². The van der Waals surface area contributed by atoms with Crippen LogP contribution in [0.2, 0.25) is 0 Å². The average molecular weight is 367 g/mol. The molecule has 1 amide bonds. The first-order chi connectivity index (χ1) is 11.4. The summed E-state index contributed by atoms with van der Waals surface area (Å²) in [6.45, 7) is 3.95. The van der Waals surface area contributed by atoms with E-state index in [2.05, 4.69) is 10.4 Å². The fourth-order valence-electron chi connectivity index (χ4n) is 2.76. The molecule has 6 nitrogen and oxygen atoms in total. The Balaban J connectivity index is 1.96. The first-order valence-electron chi connectivity index (χ1n) is 8.04. The standard InChI is InChI=1S/C16H21N3O3S2/c1-3-11(2)17-16(20)13-9-14(15-5-4-7-23-15)19(18-13)12-6-8-24(21,22)10-12/h4-5,7,9,11-12H,3,6,8,10H2,1-2H3,(H,17,20)/t11-,12-/m0/s1. The second kappa shape index (κ2) is 6.68. The molecule has 3 rings (SSSR count). The molecule has 1 N–H and O–H groups in total. The van der Waals surface area contributed by atoms with Crippen molar-refractivity contribution in [1.82, 2.24) is 15.1 Å². The molecule has 130 valence electrons. The molecule has 0 unspecified atom stereocenters. The Kier molecular flexibility index (Phi) is 4.78. The van der Waals surface area contributed by atoms with E-state index in [9.17, 15) is 13.2 Å². The van der Waals surface area contributed by atoms with Gasteiger partial charge in [0.05, 0.1) is 28.1 Å². The summed E-state index contributed by atoms with van der Waals surface area (Å²) >= 11 is 1.55. The number of aromatic nitrogens is 2. The van der Waals surface area contributed by atoms with E-state index in [1.807, 2.05) is 31.4 Å². The van der Waals surface area contributed by atoms with E-state index in [1.54, 1.807) is 22.1 Å². The minimum absolute atomic E-state index is 0.0692. The highest BCUT2D eigenvalue weighted by Crippen LogP contribution is 2.32. The van der Waals surface area contributed by atoms with Gasteiger partial charge in [0.25, 0.3) is 5.91 Å². The van der Waals surface area contributed by atoms with E-state index in [0.29, 0.717) is 12.1 Å². The highest BCUT2D eigenvalue weighted by Gasteiger charge is 2.32. The van der Waals surface area contributed by atoms with Gasteiger partial charge in [0.2, 0.25) is 0 Å². The fourth-order valence-corrected chi connectivity index (χ4v) is 5.19. The predicted molar refractivity (Wildman–Crippen MR) is 95.1 cm³/mol. The molecule has 2 aromatic heterocycles. The molecule has 1 fully saturated rings. The topological polar surface area (TPSA) is 81.1 Å². The van der Waals surface area contributed by atoms with E-state index < -0.39 is 9.84 Å². The van der Waals surface area contributed by atoms with Gasteiger partial charge in [0, 0.05) is 6.04 Å². The molecule has 3 heterocycles. The number of amides is 1. The Morgan fingerprint density at radius 1 is 1.54 bits per heavy atom. The van der Waals surface area contributed by atoms with Crippen LogP contribution in [0.15, 0.2) is 23.6 Å². The van der Waals surface area contributed by atoms with Crippen molar-refractivity contribution in [2.24, 2.45) is 0 Å². The molecule has 0 aliphatic carbocycles. The number of carbonyl (C=O) groups is 1. The molecule has 1 aliphatic heterocycles. The lowest BCUT2D eigenvalue weighted by atomic mass is 10.2. The molecule has 0 aromatic carbocycles. The van der Waals surface area contributed by atoms with Crippen LogP contribution in [0.1, 0.15) is 43.2 Å². The van der Waals surface area contributed by atoms with Crippen molar-refractivity contribution in [2.75, 3.05) is 11.5 Å². The zero-order chi connectivity index (χ0) is 17.3. The number of hydrogen-bond donors (Lipinski definition) is 1. The monoisotopic (exact) mass is 367 g/mol. The van der Waals surface area contributed by atoms with Crippen molar-refractivity contribution in [2.45, 2.75) is 38.8 Å². The molecule has 0 radical (unpaired) electrons. The number of sulfone groups is 1. The highest BCUT2D eigenvalue weighted by atomic mass is 32.2. The third kappa shape index (κ3) is 3.54. The summed E-state index contributed by atoms with van der Waals surface area (Å²) in [6.07, 6.45) is 1.37. The number of rotatable bonds is 5. The third-order valence-corrected chi connectivity index (χ3v) is 6.93. The normalized spacial score (nSPS) is 20.8. The predicted octanol–water partition coefficient (Wildman–Crippen LogP) is 2.50. The molecule has 24 heavy (non-hydrogen) atoms. The fraction of sp³-hybridized carbons (Fsp3) is 0.500. The van der Waals surface area contributed by atoms with Gasteiger partial charge in [-0.3, -0.25) is 9.48 Å². The van der Waals surface area contributed by atoms with Crippen LogP contribution in [0.3, 0.4) is 0 Å². The molecule has 0 bridgehead atoms. The van der Waals surface area contributed by atoms with Gasteiger partial charge in [-0.2, -0.15) is 5.10 Å². The van der Waals surface area contributed by atoms with Crippen molar-refractivity contribution < 1.29 is 13.2 Å². The average Bonchev–Trinajstić information content (AvgIpc) is 3.24. The van der Waals surface area contributed by atoms with Crippen LogP contribution >= 0.6 is 11.3 Å². The van der Waals surface area contributed by atoms with Crippen LogP contribution in [0, 0.1) is 0 Å². The zero-order valence-corrected chi connectivity index (χ0v) is 15.4. The van der Waals surface area contributed by atoms with Gasteiger partial charge in [-0.1, -0.05) is 13.0 Å². The summed E-state index contributed by atoms with van der Waals surface area (Å²) in [5, 5.41) is 9.31. The number of nitrogens with zero attached hydrogens (tertiary/aromatic N) is 2. The number of nitrogens with one attached hydrogen (secondary N) is 1. The zero-order valence-electron chi connectivity index (χ0n) is 13.7. The lowest BCUT2D eigenvalue weighted by Gasteiger charge is -2.12. The largest absolute Gasteiger partial charge is 0.348 e. The molecule has 0 spiro atoms. The first-order valence-corrected chi connectivity index (χ1v) is 10.7. The van der Waals surface area contributed by atoms with E-state index >= 15 is 0 Å². The molecule has 0 saturated carbocycles. The second-order valence-electron chi connectivity index (χ2n) is 6.18. The molecule has 1 aliphatic rings. The number of carbonyl (C=O) groups excluding carboxylic acids is 1. The van der Waals surface area contributed by atoms with Gasteiger partial charge >= 0.3 is 0 Å². The van der Waals surface area contributed by atoms with Crippen LogP contribution < -0.4 is 5.32 Å². The third-order valence-electron chi connectivity index (χ3n) is 4.29. The lowest BCUT2D eigenvalue weighted by Crippen LogP contribution is -2.32. The lowest BCUT2D eigenvalue weighted by molar-refractivity contribution is 0.0933. The summed E-state index contributed by atoms with van der Waals surface area (Å²) < 4.78 is 25.4. The van der Waals surface area contributed by atoms with Crippen molar-refractivity contribution >= 4 is 27.1 Å². The minimum Gasteiger partial charge on any atom is -0.348 e. The Hall–Kier alpha value is -1.67. The highest BCUT2D eigenvalue weighted by molar-refractivity contribution is 7.91. The van der Waals surface area contributed by atoms with E-state index in [1.165, 1.54) is 0 Å². The Bertz CT molecular complexity index is 825.